The van der Waals surface area contributed by atoms with Gasteiger partial charge in [0.2, 0.25) is 0 Å². The molecule has 10 rings (SSSR count). The average molecular weight is 595 g/mol. The van der Waals surface area contributed by atoms with E-state index in [1.54, 1.807) is 6.07 Å². The van der Waals surface area contributed by atoms with Crippen LogP contribution in [0.2, 0.25) is 0 Å². The minimum atomic E-state index is -0.453. The third-order valence-electron chi connectivity index (χ3n) is 8.94. The SMILES string of the molecule is [2H]c1c([2H])c([2H])c2c(-c3cccc4c3oc3ccccc34)c3c([2H])c([2H])c([2H])c([2H])c3c(-c3ccc(-c4cccc5c4oc4ccccc45)cc3)c2c1[2H]. The van der Waals surface area contributed by atoms with Crippen molar-refractivity contribution in [2.24, 2.45) is 0 Å². The second-order valence-electron chi connectivity index (χ2n) is 11.4. The van der Waals surface area contributed by atoms with Crippen molar-refractivity contribution < 1.29 is 19.8 Å². The first-order valence-electron chi connectivity index (χ1n) is 19.0. The van der Waals surface area contributed by atoms with E-state index in [1.807, 2.05) is 103 Å². The smallest absolute Gasteiger partial charge is 0.143 e. The quantitative estimate of drug-likeness (QED) is 0.190. The molecular weight excluding hydrogens is 560 g/mol. The fourth-order valence-corrected chi connectivity index (χ4v) is 6.92. The summed E-state index contributed by atoms with van der Waals surface area (Å²) in [6, 6.07) is 31.2. The van der Waals surface area contributed by atoms with E-state index in [2.05, 4.69) is 0 Å². The first kappa shape index (κ1) is 18.6. The molecular formula is C44H26O2. The molecule has 0 unspecified atom stereocenters. The number of benzene rings is 8. The van der Waals surface area contributed by atoms with Gasteiger partial charge in [0, 0.05) is 38.2 Å². The van der Waals surface area contributed by atoms with Gasteiger partial charge in [0.25, 0.3) is 0 Å². The Morgan fingerprint density at radius 2 is 0.783 bits per heavy atom. The highest BCUT2D eigenvalue weighted by molar-refractivity contribution is 6.24. The summed E-state index contributed by atoms with van der Waals surface area (Å²) >= 11 is 0. The maximum Gasteiger partial charge on any atom is 0.143 e. The zero-order valence-electron chi connectivity index (χ0n) is 32.2. The molecule has 0 aliphatic heterocycles. The molecule has 0 aliphatic carbocycles. The summed E-state index contributed by atoms with van der Waals surface area (Å²) in [5, 5.41) is 4.17. The van der Waals surface area contributed by atoms with E-state index >= 15 is 0 Å². The lowest BCUT2D eigenvalue weighted by molar-refractivity contribution is 0.669. The summed E-state index contributed by atoms with van der Waals surface area (Å²) in [5.41, 5.74) is 5.78. The number of furan rings is 2. The highest BCUT2D eigenvalue weighted by Gasteiger charge is 2.20. The largest absolute Gasteiger partial charge is 0.455 e. The van der Waals surface area contributed by atoms with Crippen molar-refractivity contribution in [2.45, 2.75) is 0 Å². The first-order valence-corrected chi connectivity index (χ1v) is 15.0. The van der Waals surface area contributed by atoms with Crippen LogP contribution in [0.25, 0.3) is 98.8 Å². The molecule has 0 fully saturated rings. The molecule has 2 heteroatoms. The summed E-state index contributed by atoms with van der Waals surface area (Å²) in [6.07, 6.45) is 0. The molecule has 0 spiro atoms. The third kappa shape index (κ3) is 3.59. The highest BCUT2D eigenvalue weighted by atomic mass is 16.3. The summed E-state index contributed by atoms with van der Waals surface area (Å²) < 4.78 is 85.2. The molecule has 0 saturated carbocycles. The molecule has 8 aromatic carbocycles. The molecule has 0 saturated heterocycles. The van der Waals surface area contributed by atoms with E-state index in [0.29, 0.717) is 22.3 Å². The van der Waals surface area contributed by atoms with Crippen LogP contribution < -0.4 is 0 Å². The van der Waals surface area contributed by atoms with Gasteiger partial charge >= 0.3 is 0 Å². The summed E-state index contributed by atoms with van der Waals surface area (Å²) in [5.74, 6) is 0. The normalized spacial score (nSPS) is 14.3. The van der Waals surface area contributed by atoms with Crippen LogP contribution in [0.4, 0.5) is 0 Å². The number of para-hydroxylation sites is 4. The molecule has 0 aliphatic rings. The van der Waals surface area contributed by atoms with E-state index in [1.165, 1.54) is 0 Å². The second-order valence-corrected chi connectivity index (χ2v) is 11.4. The van der Waals surface area contributed by atoms with Crippen molar-refractivity contribution in [3.05, 3.63) is 158 Å². The lowest BCUT2D eigenvalue weighted by Gasteiger charge is -2.18. The molecule has 0 radical (unpaired) electrons. The summed E-state index contributed by atoms with van der Waals surface area (Å²) in [6.45, 7) is 0. The Bertz CT molecular complexity index is 3170. The van der Waals surface area contributed by atoms with Gasteiger partial charge in [0.15, 0.2) is 0 Å². The molecule has 2 aromatic heterocycles. The monoisotopic (exact) mass is 594 g/mol. The maximum atomic E-state index is 9.33. The van der Waals surface area contributed by atoms with E-state index in [4.69, 9.17) is 14.3 Å². The Balaban J connectivity index is 1.34. The molecule has 0 N–H and O–H groups in total. The van der Waals surface area contributed by atoms with Gasteiger partial charge in [0.1, 0.15) is 22.3 Å². The predicted molar refractivity (Wildman–Crippen MR) is 192 cm³/mol. The topological polar surface area (TPSA) is 26.3 Å². The zero-order valence-corrected chi connectivity index (χ0v) is 24.2. The van der Waals surface area contributed by atoms with E-state index in [9.17, 15) is 5.48 Å². The predicted octanol–water partition coefficient (Wildman–Crippen LogP) is 12.8. The molecule has 0 bridgehead atoms. The van der Waals surface area contributed by atoms with Crippen molar-refractivity contribution in [3.63, 3.8) is 0 Å². The Labute approximate surface area is 276 Å². The standard InChI is InChI=1S/C44H26O2/c1-3-15-34-32(13-1)41(28-25-23-27(24-26-28)29-17-9-18-36-30-11-5-7-21-39(30)45-43(29)36)33-14-2-4-16-35(33)42(34)38-20-10-19-37-31-12-6-8-22-40(31)46-44(37)38/h1-26H/i1D,2D,3D,4D,13D,14D,15D,16D. The van der Waals surface area contributed by atoms with Gasteiger partial charge in [-0.2, -0.15) is 0 Å². The van der Waals surface area contributed by atoms with E-state index in [-0.39, 0.29) is 56.8 Å². The van der Waals surface area contributed by atoms with Crippen LogP contribution in [0.5, 0.6) is 0 Å². The van der Waals surface area contributed by atoms with Crippen molar-refractivity contribution >= 4 is 65.4 Å². The van der Waals surface area contributed by atoms with Crippen molar-refractivity contribution in [3.8, 4) is 33.4 Å². The number of fused-ring (bicyclic) bond motifs is 8. The third-order valence-corrected chi connectivity index (χ3v) is 8.94. The molecule has 2 heterocycles. The number of rotatable bonds is 3. The van der Waals surface area contributed by atoms with E-state index in [0.717, 1.165) is 43.8 Å². The van der Waals surface area contributed by atoms with Crippen LogP contribution in [-0.2, 0) is 0 Å². The van der Waals surface area contributed by atoms with Gasteiger partial charge in [-0.3, -0.25) is 0 Å². The zero-order chi connectivity index (χ0) is 37.2. The van der Waals surface area contributed by atoms with Gasteiger partial charge < -0.3 is 8.83 Å². The Morgan fingerprint density at radius 3 is 1.35 bits per heavy atom. The number of hydrogen-bond donors (Lipinski definition) is 0. The van der Waals surface area contributed by atoms with Gasteiger partial charge in [-0.15, -0.1) is 0 Å². The van der Waals surface area contributed by atoms with Crippen LogP contribution in [0.15, 0.2) is 166 Å². The van der Waals surface area contributed by atoms with Crippen LogP contribution in [0.3, 0.4) is 0 Å². The van der Waals surface area contributed by atoms with Crippen LogP contribution in [0, 0.1) is 0 Å². The fourth-order valence-electron chi connectivity index (χ4n) is 6.92. The van der Waals surface area contributed by atoms with Gasteiger partial charge in [-0.05, 0) is 50.4 Å². The van der Waals surface area contributed by atoms with Crippen LogP contribution >= 0.6 is 0 Å². The highest BCUT2D eigenvalue weighted by Crippen LogP contribution is 2.46. The molecule has 0 amide bonds. The molecule has 2 nitrogen and oxygen atoms in total. The van der Waals surface area contributed by atoms with Crippen LogP contribution in [-0.4, -0.2) is 0 Å². The van der Waals surface area contributed by atoms with Gasteiger partial charge in [-0.1, -0.05) is 145 Å². The molecule has 0 atom stereocenters. The van der Waals surface area contributed by atoms with Crippen molar-refractivity contribution in [1.29, 1.82) is 0 Å². The Kier molecular flexibility index (Phi) is 3.92. The molecule has 10 aromatic rings. The molecule has 46 heavy (non-hydrogen) atoms. The lowest BCUT2D eigenvalue weighted by atomic mass is 9.85. The Morgan fingerprint density at radius 1 is 0.348 bits per heavy atom. The van der Waals surface area contributed by atoms with Crippen molar-refractivity contribution in [2.75, 3.05) is 0 Å². The average Bonchev–Trinajstić information content (AvgIpc) is 3.78. The Hall–Kier alpha value is -6.12. The fraction of sp³-hybridized carbons (Fsp3) is 0. The summed E-state index contributed by atoms with van der Waals surface area (Å²) in [4.78, 5) is 0. The first-order chi connectivity index (χ1) is 26.2. The summed E-state index contributed by atoms with van der Waals surface area (Å²) in [7, 11) is 0. The second kappa shape index (κ2) is 9.69. The van der Waals surface area contributed by atoms with Gasteiger partial charge in [0.05, 0.1) is 11.0 Å². The van der Waals surface area contributed by atoms with Crippen LogP contribution in [0.1, 0.15) is 11.0 Å². The van der Waals surface area contributed by atoms with E-state index < -0.39 is 24.2 Å². The minimum absolute atomic E-state index is 0.137. The lowest BCUT2D eigenvalue weighted by Crippen LogP contribution is -1.91. The maximum absolute atomic E-state index is 9.33. The van der Waals surface area contributed by atoms with Crippen molar-refractivity contribution in [1.82, 2.24) is 0 Å². The minimum Gasteiger partial charge on any atom is -0.455 e. The molecule has 214 valence electrons. The number of hydrogen-bond acceptors (Lipinski definition) is 2. The van der Waals surface area contributed by atoms with Gasteiger partial charge in [-0.25, -0.2) is 0 Å².